The summed E-state index contributed by atoms with van der Waals surface area (Å²) in [5.74, 6) is 0.899. The highest BCUT2D eigenvalue weighted by atomic mass is 16.1. The van der Waals surface area contributed by atoms with Gasteiger partial charge in [-0.15, -0.1) is 0 Å². The number of amides is 1. The van der Waals surface area contributed by atoms with Crippen molar-refractivity contribution in [3.63, 3.8) is 0 Å². The zero-order valence-corrected chi connectivity index (χ0v) is 6.23. The summed E-state index contributed by atoms with van der Waals surface area (Å²) >= 11 is 0. The Morgan fingerprint density at radius 3 is 3.00 bits per heavy atom. The highest BCUT2D eigenvalue weighted by Crippen LogP contribution is 2.15. The van der Waals surface area contributed by atoms with E-state index >= 15 is 0 Å². The van der Waals surface area contributed by atoms with E-state index in [0.29, 0.717) is 12.3 Å². The standard InChI is InChI=1S/C8H14NO/c1-2-3-7-4-5-8(10)9-6-7/h7H,1-6H2,(H,9,10). The second-order valence-electron chi connectivity index (χ2n) is 2.85. The molecule has 2 nitrogen and oxygen atoms in total. The summed E-state index contributed by atoms with van der Waals surface area (Å²) in [4.78, 5) is 10.7. The minimum atomic E-state index is 0.209. The van der Waals surface area contributed by atoms with E-state index in [4.69, 9.17) is 0 Å². The molecule has 1 aliphatic heterocycles. The van der Waals surface area contributed by atoms with Gasteiger partial charge in [-0.2, -0.15) is 0 Å². The molecule has 0 aromatic heterocycles. The first-order valence-corrected chi connectivity index (χ1v) is 3.89. The van der Waals surface area contributed by atoms with Crippen molar-refractivity contribution in [1.29, 1.82) is 0 Å². The van der Waals surface area contributed by atoms with Crippen molar-refractivity contribution in [2.75, 3.05) is 6.54 Å². The maximum atomic E-state index is 10.7. The van der Waals surface area contributed by atoms with Gasteiger partial charge in [0, 0.05) is 13.0 Å². The van der Waals surface area contributed by atoms with Gasteiger partial charge in [-0.3, -0.25) is 4.79 Å². The second kappa shape index (κ2) is 3.59. The normalized spacial score (nSPS) is 26.1. The Morgan fingerprint density at radius 2 is 2.50 bits per heavy atom. The van der Waals surface area contributed by atoms with Gasteiger partial charge < -0.3 is 5.32 Å². The molecule has 10 heavy (non-hydrogen) atoms. The van der Waals surface area contributed by atoms with Crippen LogP contribution in [0.3, 0.4) is 0 Å². The number of nitrogens with one attached hydrogen (secondary N) is 1. The van der Waals surface area contributed by atoms with Gasteiger partial charge in [0.05, 0.1) is 0 Å². The van der Waals surface area contributed by atoms with Crippen LogP contribution < -0.4 is 5.32 Å². The molecule has 1 aliphatic rings. The maximum Gasteiger partial charge on any atom is 0.220 e. The SMILES string of the molecule is [CH2]CCC1CCC(=O)NC1. The molecular weight excluding hydrogens is 126 g/mol. The van der Waals surface area contributed by atoms with Gasteiger partial charge in [0.2, 0.25) is 5.91 Å². The molecule has 1 atom stereocenters. The molecule has 1 radical (unpaired) electrons. The molecule has 1 fully saturated rings. The Kier molecular flexibility index (Phi) is 2.72. The van der Waals surface area contributed by atoms with E-state index in [1.165, 1.54) is 0 Å². The molecule has 0 aromatic carbocycles. The lowest BCUT2D eigenvalue weighted by atomic mass is 9.95. The third kappa shape index (κ3) is 2.01. The van der Waals surface area contributed by atoms with Gasteiger partial charge in [-0.25, -0.2) is 0 Å². The van der Waals surface area contributed by atoms with E-state index in [0.717, 1.165) is 25.8 Å². The fourth-order valence-electron chi connectivity index (χ4n) is 1.32. The lowest BCUT2D eigenvalue weighted by Gasteiger charge is -2.21. The first kappa shape index (κ1) is 7.58. The van der Waals surface area contributed by atoms with E-state index in [-0.39, 0.29) is 5.91 Å². The molecule has 0 aliphatic carbocycles. The number of rotatable bonds is 2. The number of hydrogen-bond donors (Lipinski definition) is 1. The monoisotopic (exact) mass is 140 g/mol. The number of piperidine rings is 1. The van der Waals surface area contributed by atoms with Crippen molar-refractivity contribution in [3.8, 4) is 0 Å². The zero-order valence-electron chi connectivity index (χ0n) is 6.23. The van der Waals surface area contributed by atoms with Crippen molar-refractivity contribution in [2.24, 2.45) is 5.92 Å². The van der Waals surface area contributed by atoms with E-state index < -0.39 is 0 Å². The Morgan fingerprint density at radius 1 is 1.70 bits per heavy atom. The van der Waals surface area contributed by atoms with Gasteiger partial charge in [0.15, 0.2) is 0 Å². The van der Waals surface area contributed by atoms with Crippen LogP contribution in [0.2, 0.25) is 0 Å². The lowest BCUT2D eigenvalue weighted by Crippen LogP contribution is -2.34. The average Bonchev–Trinajstić information content (AvgIpc) is 1.95. The highest BCUT2D eigenvalue weighted by Gasteiger charge is 2.16. The molecule has 0 bridgehead atoms. The van der Waals surface area contributed by atoms with Crippen LogP contribution in [0, 0.1) is 12.8 Å². The number of carbonyl (C=O) groups excluding carboxylic acids is 1. The van der Waals surface area contributed by atoms with Crippen LogP contribution in [-0.2, 0) is 4.79 Å². The Hall–Kier alpha value is -0.530. The number of hydrogen-bond acceptors (Lipinski definition) is 1. The van der Waals surface area contributed by atoms with Crippen molar-refractivity contribution in [1.82, 2.24) is 5.32 Å². The Labute approximate surface area is 62.0 Å². The van der Waals surface area contributed by atoms with Gasteiger partial charge in [0.1, 0.15) is 0 Å². The smallest absolute Gasteiger partial charge is 0.220 e. The van der Waals surface area contributed by atoms with E-state index in [9.17, 15) is 4.79 Å². The fraction of sp³-hybridized carbons (Fsp3) is 0.750. The molecule has 0 aromatic rings. The van der Waals surface area contributed by atoms with Crippen LogP contribution >= 0.6 is 0 Å². The third-order valence-corrected chi connectivity index (χ3v) is 1.98. The summed E-state index contributed by atoms with van der Waals surface area (Å²) in [6.45, 7) is 4.66. The molecule has 0 saturated carbocycles. The van der Waals surface area contributed by atoms with Crippen molar-refractivity contribution in [3.05, 3.63) is 6.92 Å². The van der Waals surface area contributed by atoms with Crippen LogP contribution in [-0.4, -0.2) is 12.5 Å². The number of carbonyl (C=O) groups is 1. The minimum Gasteiger partial charge on any atom is -0.356 e. The van der Waals surface area contributed by atoms with Crippen LogP contribution in [0.1, 0.15) is 25.7 Å². The topological polar surface area (TPSA) is 29.1 Å². The quantitative estimate of drug-likeness (QED) is 0.612. The summed E-state index contributed by atoms with van der Waals surface area (Å²) in [5, 5.41) is 2.85. The molecular formula is C8H14NO. The molecule has 2 heteroatoms. The highest BCUT2D eigenvalue weighted by molar-refractivity contribution is 5.76. The summed E-state index contributed by atoms with van der Waals surface area (Å²) in [6.07, 6.45) is 3.91. The second-order valence-corrected chi connectivity index (χ2v) is 2.85. The van der Waals surface area contributed by atoms with E-state index in [2.05, 4.69) is 12.2 Å². The van der Waals surface area contributed by atoms with Gasteiger partial charge >= 0.3 is 0 Å². The Bertz CT molecular complexity index is 112. The first-order valence-electron chi connectivity index (χ1n) is 3.89. The molecule has 1 saturated heterocycles. The fourth-order valence-corrected chi connectivity index (χ4v) is 1.32. The molecule has 1 amide bonds. The van der Waals surface area contributed by atoms with E-state index in [1.807, 2.05) is 0 Å². The molecule has 1 N–H and O–H groups in total. The lowest BCUT2D eigenvalue weighted by molar-refractivity contribution is -0.122. The maximum absolute atomic E-state index is 10.7. The molecule has 0 spiro atoms. The summed E-state index contributed by atoms with van der Waals surface area (Å²) in [5.41, 5.74) is 0. The molecule has 1 unspecified atom stereocenters. The van der Waals surface area contributed by atoms with Crippen LogP contribution in [0.15, 0.2) is 0 Å². The summed E-state index contributed by atoms with van der Waals surface area (Å²) < 4.78 is 0. The zero-order chi connectivity index (χ0) is 7.40. The van der Waals surface area contributed by atoms with Gasteiger partial charge in [-0.05, 0) is 18.8 Å². The van der Waals surface area contributed by atoms with Gasteiger partial charge in [-0.1, -0.05) is 13.3 Å². The van der Waals surface area contributed by atoms with Crippen LogP contribution in [0.5, 0.6) is 0 Å². The first-order chi connectivity index (χ1) is 4.83. The summed E-state index contributed by atoms with van der Waals surface area (Å²) in [6, 6.07) is 0. The molecule has 1 rings (SSSR count). The predicted molar refractivity (Wildman–Crippen MR) is 40.3 cm³/mol. The Balaban J connectivity index is 2.19. The summed E-state index contributed by atoms with van der Waals surface area (Å²) in [7, 11) is 0. The van der Waals surface area contributed by atoms with Crippen LogP contribution in [0.4, 0.5) is 0 Å². The average molecular weight is 140 g/mol. The van der Waals surface area contributed by atoms with Crippen molar-refractivity contribution < 1.29 is 4.79 Å². The molecule has 1 heterocycles. The predicted octanol–water partition coefficient (Wildman–Crippen LogP) is 1.13. The van der Waals surface area contributed by atoms with E-state index in [1.54, 1.807) is 0 Å². The van der Waals surface area contributed by atoms with Crippen molar-refractivity contribution >= 4 is 5.91 Å². The van der Waals surface area contributed by atoms with Gasteiger partial charge in [0.25, 0.3) is 0 Å². The van der Waals surface area contributed by atoms with Crippen LogP contribution in [0.25, 0.3) is 0 Å². The van der Waals surface area contributed by atoms with Crippen molar-refractivity contribution in [2.45, 2.75) is 25.7 Å². The third-order valence-electron chi connectivity index (χ3n) is 1.98. The largest absolute Gasteiger partial charge is 0.356 e. The molecule has 57 valence electrons. The minimum absolute atomic E-state index is 0.209.